The standard InChI is InChI=1S/C59H102N6O22/c1-42(66)55(59(82)83)63-39-49(69)46(60-2)21-17-18-30-61-50(70)28-24-43(56(76)77)38-44(67)25-26-47(57(78)79)65-53(73)41-87-37-34-84-32-19-20-45(68)40-86-36-35-85-33-31-62-51(71)29-27-48(58(80)81)64-52(72)22-15-13-11-9-7-5-3-4-6-8-10-12-14-16-23-54(74)75/h42-43,46-48,55,60,63,66H,3-41H2,1-2H3,(H,61,70)(H,62,71)(H,64,72)(H,65,73)(H,74,75)(H,76,77)(H,78,79)(H,80,81)(H,82,83)/t42-,43+,46-,47+,48-,55+/m0/s1. The molecule has 500 valence electrons. The predicted molar refractivity (Wildman–Crippen MR) is 315 cm³/mol. The quantitative estimate of drug-likeness (QED) is 0.0390. The number of nitrogens with one attached hydrogen (secondary N) is 6. The summed E-state index contributed by atoms with van der Waals surface area (Å²) >= 11 is 0. The van der Waals surface area contributed by atoms with Gasteiger partial charge in [0.25, 0.3) is 0 Å². The van der Waals surface area contributed by atoms with Crippen LogP contribution in [-0.4, -0.2) is 211 Å². The summed E-state index contributed by atoms with van der Waals surface area (Å²) in [6.45, 7) is 1.41. The number of hydrogen-bond acceptors (Lipinski definition) is 19. The molecule has 0 aliphatic carbocycles. The van der Waals surface area contributed by atoms with Gasteiger partial charge in [-0.3, -0.25) is 53.3 Å². The van der Waals surface area contributed by atoms with Gasteiger partial charge in [-0.15, -0.1) is 0 Å². The third kappa shape index (κ3) is 47.7. The molecule has 0 spiro atoms. The molecule has 0 aromatic heterocycles. The molecule has 0 aliphatic heterocycles. The van der Waals surface area contributed by atoms with E-state index in [1.165, 1.54) is 39.0 Å². The number of carboxylic acid groups (broad SMARTS) is 5. The van der Waals surface area contributed by atoms with Crippen LogP contribution in [-0.2, 0) is 76.5 Å². The van der Waals surface area contributed by atoms with Gasteiger partial charge in [-0.05, 0) is 71.8 Å². The van der Waals surface area contributed by atoms with E-state index in [1.54, 1.807) is 7.05 Å². The summed E-state index contributed by atoms with van der Waals surface area (Å²) in [5.41, 5.74) is 0. The van der Waals surface area contributed by atoms with Crippen molar-refractivity contribution in [3.8, 4) is 0 Å². The highest BCUT2D eigenvalue weighted by atomic mass is 16.5. The fourth-order valence-electron chi connectivity index (χ4n) is 8.92. The molecule has 0 radical (unpaired) electrons. The molecule has 0 bridgehead atoms. The van der Waals surface area contributed by atoms with Gasteiger partial charge in [-0.25, -0.2) is 9.59 Å². The monoisotopic (exact) mass is 1250 g/mol. The van der Waals surface area contributed by atoms with E-state index in [-0.39, 0.29) is 141 Å². The summed E-state index contributed by atoms with van der Waals surface area (Å²) in [7, 11) is 1.57. The lowest BCUT2D eigenvalue weighted by atomic mass is 9.94. The van der Waals surface area contributed by atoms with E-state index in [4.69, 9.17) is 29.2 Å². The molecule has 0 unspecified atom stereocenters. The van der Waals surface area contributed by atoms with Gasteiger partial charge in [0.1, 0.15) is 37.1 Å². The van der Waals surface area contributed by atoms with Crippen LogP contribution in [0.1, 0.15) is 187 Å². The van der Waals surface area contributed by atoms with E-state index in [0.717, 1.165) is 51.4 Å². The van der Waals surface area contributed by atoms with Gasteiger partial charge in [-0.1, -0.05) is 77.0 Å². The minimum atomic E-state index is -1.47. The second-order valence-corrected chi connectivity index (χ2v) is 21.6. The molecule has 28 heteroatoms. The number of aliphatic hydroxyl groups is 1. The molecule has 6 atom stereocenters. The van der Waals surface area contributed by atoms with Crippen LogP contribution < -0.4 is 31.9 Å². The topological polar surface area (TPSA) is 435 Å². The van der Waals surface area contributed by atoms with Crippen molar-refractivity contribution in [3.05, 3.63) is 0 Å². The van der Waals surface area contributed by atoms with E-state index in [2.05, 4.69) is 31.9 Å². The Labute approximate surface area is 510 Å². The van der Waals surface area contributed by atoms with E-state index >= 15 is 0 Å². The fraction of sp³-hybridized carbons (Fsp3) is 0.797. The van der Waals surface area contributed by atoms with Gasteiger partial charge in [-0.2, -0.15) is 0 Å². The Morgan fingerprint density at radius 1 is 0.402 bits per heavy atom. The molecular weight excluding hydrogens is 1140 g/mol. The normalized spacial score (nSPS) is 13.3. The molecule has 0 heterocycles. The van der Waals surface area contributed by atoms with Gasteiger partial charge < -0.3 is 76.2 Å². The maximum absolute atomic E-state index is 12.7. The Bertz CT molecular complexity index is 2030. The number of rotatable bonds is 62. The van der Waals surface area contributed by atoms with Crippen LogP contribution in [0.25, 0.3) is 0 Å². The lowest BCUT2D eigenvalue weighted by Gasteiger charge is -2.19. The number of amides is 4. The highest BCUT2D eigenvalue weighted by Gasteiger charge is 2.27. The summed E-state index contributed by atoms with van der Waals surface area (Å²) in [6.07, 6.45) is 14.2. The third-order valence-corrected chi connectivity index (χ3v) is 14.0. The number of aliphatic carboxylic acids is 5. The average molecular weight is 1250 g/mol. The first-order chi connectivity index (χ1) is 41.6. The number of carbonyl (C=O) groups excluding carboxylic acids is 7. The number of aliphatic hydroxyl groups excluding tert-OH is 1. The number of ether oxygens (including phenoxy) is 4. The maximum atomic E-state index is 12.7. The molecule has 87 heavy (non-hydrogen) atoms. The SMILES string of the molecule is CN[C@@H](CCCCNC(=O)CC[C@H](CC(=O)CC[C@@H](NC(=O)COCCOCCCC(=O)COCCOCCNC(=O)CC[C@H](NC(=O)CCCCCCCCCCCCCCCCC(=O)O)C(=O)O)C(=O)O)C(=O)O)C(=O)CN[C@@H](C(=O)O)[C@H](C)O. The van der Waals surface area contributed by atoms with Crippen molar-refractivity contribution >= 4 is 70.8 Å². The predicted octanol–water partition coefficient (Wildman–Crippen LogP) is 2.85. The van der Waals surface area contributed by atoms with E-state index in [9.17, 15) is 78.0 Å². The molecule has 0 rings (SSSR count). The zero-order valence-corrected chi connectivity index (χ0v) is 51.3. The maximum Gasteiger partial charge on any atom is 0.326 e. The van der Waals surface area contributed by atoms with Gasteiger partial charge in [0.05, 0.1) is 57.6 Å². The molecule has 0 aromatic rings. The zero-order valence-electron chi connectivity index (χ0n) is 51.3. The van der Waals surface area contributed by atoms with Crippen molar-refractivity contribution < 1.29 is 107 Å². The van der Waals surface area contributed by atoms with Crippen LogP contribution in [0.4, 0.5) is 0 Å². The third-order valence-electron chi connectivity index (χ3n) is 14.0. The minimum Gasteiger partial charge on any atom is -0.481 e. The van der Waals surface area contributed by atoms with Crippen LogP contribution in [0.5, 0.6) is 0 Å². The first kappa shape index (κ1) is 81.0. The van der Waals surface area contributed by atoms with E-state index in [1.807, 2.05) is 0 Å². The molecule has 0 fully saturated rings. The van der Waals surface area contributed by atoms with Crippen LogP contribution in [0, 0.1) is 5.92 Å². The molecular formula is C59H102N6O22. The van der Waals surface area contributed by atoms with Crippen molar-refractivity contribution in [3.63, 3.8) is 0 Å². The molecule has 28 nitrogen and oxygen atoms in total. The Morgan fingerprint density at radius 2 is 0.897 bits per heavy atom. The van der Waals surface area contributed by atoms with Crippen LogP contribution in [0.2, 0.25) is 0 Å². The summed E-state index contributed by atoms with van der Waals surface area (Å²) in [4.78, 5) is 144. The number of ketones is 3. The smallest absolute Gasteiger partial charge is 0.326 e. The van der Waals surface area contributed by atoms with Gasteiger partial charge in [0, 0.05) is 64.6 Å². The molecule has 0 aliphatic rings. The fourth-order valence-corrected chi connectivity index (χ4v) is 8.92. The number of carbonyl (C=O) groups is 12. The molecule has 0 aromatic carbocycles. The Kier molecular flexibility index (Phi) is 49.3. The Balaban J connectivity index is 4.07. The minimum absolute atomic E-state index is 0.0274. The first-order valence-electron chi connectivity index (χ1n) is 30.8. The average Bonchev–Trinajstić information content (AvgIpc) is 3.52. The molecule has 0 saturated carbocycles. The Morgan fingerprint density at radius 3 is 1.43 bits per heavy atom. The second kappa shape index (κ2) is 53.0. The van der Waals surface area contributed by atoms with E-state index < -0.39 is 103 Å². The summed E-state index contributed by atoms with van der Waals surface area (Å²) in [5, 5.41) is 71.7. The number of hydrogen-bond donors (Lipinski definition) is 12. The summed E-state index contributed by atoms with van der Waals surface area (Å²) in [6, 6.07) is -4.55. The molecule has 12 N–H and O–H groups in total. The number of likely N-dealkylation sites (N-methyl/N-ethyl adjacent to an activating group) is 1. The van der Waals surface area contributed by atoms with E-state index in [0.29, 0.717) is 32.1 Å². The number of Topliss-reactive ketones (excluding diaryl/α,β-unsaturated/α-hetero) is 3. The van der Waals surface area contributed by atoms with Gasteiger partial charge >= 0.3 is 29.8 Å². The largest absolute Gasteiger partial charge is 0.481 e. The lowest BCUT2D eigenvalue weighted by Crippen LogP contribution is -2.49. The number of unbranched alkanes of at least 4 members (excludes halogenated alkanes) is 14. The Hall–Kier alpha value is -6.04. The molecule has 0 saturated heterocycles. The van der Waals surface area contributed by atoms with Crippen LogP contribution in [0.15, 0.2) is 0 Å². The van der Waals surface area contributed by atoms with Gasteiger partial charge in [0.2, 0.25) is 23.6 Å². The van der Waals surface area contributed by atoms with Crippen molar-refractivity contribution in [2.45, 2.75) is 217 Å². The van der Waals surface area contributed by atoms with Crippen molar-refractivity contribution in [2.75, 3.05) is 79.5 Å². The van der Waals surface area contributed by atoms with Crippen molar-refractivity contribution in [1.82, 2.24) is 31.9 Å². The molecule has 4 amide bonds. The summed E-state index contributed by atoms with van der Waals surface area (Å²) in [5.74, 6) is -10.2. The summed E-state index contributed by atoms with van der Waals surface area (Å²) < 4.78 is 21.4. The van der Waals surface area contributed by atoms with Gasteiger partial charge in [0.15, 0.2) is 11.6 Å². The van der Waals surface area contributed by atoms with Crippen LogP contribution >= 0.6 is 0 Å². The highest BCUT2D eigenvalue weighted by molar-refractivity contribution is 5.88. The zero-order chi connectivity index (χ0) is 65.0. The number of carboxylic acids is 5. The van der Waals surface area contributed by atoms with Crippen LogP contribution in [0.3, 0.4) is 0 Å². The lowest BCUT2D eigenvalue weighted by molar-refractivity contribution is -0.145. The van der Waals surface area contributed by atoms with Crippen molar-refractivity contribution in [2.24, 2.45) is 5.92 Å². The highest BCUT2D eigenvalue weighted by Crippen LogP contribution is 2.17. The van der Waals surface area contributed by atoms with Crippen molar-refractivity contribution in [1.29, 1.82) is 0 Å². The second-order valence-electron chi connectivity index (χ2n) is 21.6. The first-order valence-corrected chi connectivity index (χ1v) is 30.8.